The second kappa shape index (κ2) is 5.74. The van der Waals surface area contributed by atoms with Gasteiger partial charge in [-0.15, -0.1) is 0 Å². The Kier molecular flexibility index (Phi) is 4.25. The molecule has 2 N–H and O–H groups in total. The maximum atomic E-state index is 12.4. The molecular formula is C16H24N2O. The van der Waals surface area contributed by atoms with Crippen LogP contribution in [0, 0.1) is 0 Å². The Morgan fingerprint density at radius 3 is 2.47 bits per heavy atom. The van der Waals surface area contributed by atoms with Gasteiger partial charge in [-0.1, -0.05) is 43.2 Å². The molecule has 1 atom stereocenters. The second-order valence-corrected chi connectivity index (χ2v) is 5.84. The number of carbonyl (C=O) groups excluding carboxylic acids is 1. The van der Waals surface area contributed by atoms with Crippen LogP contribution in [0.25, 0.3) is 0 Å². The highest BCUT2D eigenvalue weighted by atomic mass is 16.2. The van der Waals surface area contributed by atoms with Gasteiger partial charge in [-0.3, -0.25) is 4.79 Å². The minimum absolute atomic E-state index is 0.0960. The Labute approximate surface area is 115 Å². The zero-order chi connectivity index (χ0) is 13.9. The molecule has 0 bridgehead atoms. The number of nitrogens with two attached hydrogens (primary N) is 1. The van der Waals surface area contributed by atoms with E-state index < -0.39 is 0 Å². The van der Waals surface area contributed by atoms with Gasteiger partial charge in [0.15, 0.2) is 0 Å². The maximum Gasteiger partial charge on any atom is 0.224 e. The van der Waals surface area contributed by atoms with E-state index in [1.807, 2.05) is 30.1 Å². The largest absolute Gasteiger partial charge is 0.339 e. The van der Waals surface area contributed by atoms with Crippen LogP contribution in [0.3, 0.4) is 0 Å². The van der Waals surface area contributed by atoms with Crippen molar-refractivity contribution in [1.82, 2.24) is 4.90 Å². The summed E-state index contributed by atoms with van der Waals surface area (Å²) >= 11 is 0. The van der Waals surface area contributed by atoms with Crippen LogP contribution in [0.1, 0.15) is 50.6 Å². The lowest BCUT2D eigenvalue weighted by molar-refractivity contribution is -0.133. The summed E-state index contributed by atoms with van der Waals surface area (Å²) in [4.78, 5) is 14.2. The van der Waals surface area contributed by atoms with E-state index >= 15 is 0 Å². The Bertz CT molecular complexity index is 424. The van der Waals surface area contributed by atoms with Crippen LogP contribution in [0.15, 0.2) is 30.3 Å². The molecule has 0 heterocycles. The number of carbonyl (C=O) groups is 1. The van der Waals surface area contributed by atoms with Crippen molar-refractivity contribution in [3.8, 4) is 0 Å². The average molecular weight is 260 g/mol. The highest BCUT2D eigenvalue weighted by Crippen LogP contribution is 2.31. The Morgan fingerprint density at radius 2 is 1.89 bits per heavy atom. The van der Waals surface area contributed by atoms with Crippen LogP contribution in [0.5, 0.6) is 0 Å². The zero-order valence-corrected chi connectivity index (χ0v) is 11.9. The van der Waals surface area contributed by atoms with Crippen molar-refractivity contribution < 1.29 is 4.79 Å². The molecule has 1 aliphatic rings. The fraction of sp³-hybridized carbons (Fsp3) is 0.562. The van der Waals surface area contributed by atoms with Gasteiger partial charge < -0.3 is 10.6 Å². The summed E-state index contributed by atoms with van der Waals surface area (Å²) in [5.74, 6) is 0.153. The summed E-state index contributed by atoms with van der Waals surface area (Å²) in [6.45, 7) is 2.06. The van der Waals surface area contributed by atoms with Crippen LogP contribution in [0.2, 0.25) is 0 Å². The van der Waals surface area contributed by atoms with E-state index in [1.165, 1.54) is 0 Å². The normalized spacial score (nSPS) is 19.1. The van der Waals surface area contributed by atoms with Gasteiger partial charge in [0.2, 0.25) is 5.91 Å². The van der Waals surface area contributed by atoms with E-state index in [1.54, 1.807) is 0 Å². The zero-order valence-electron chi connectivity index (χ0n) is 11.9. The van der Waals surface area contributed by atoms with Gasteiger partial charge in [0, 0.05) is 19.0 Å². The molecule has 0 aromatic heterocycles. The summed E-state index contributed by atoms with van der Waals surface area (Å²) in [6, 6.07) is 10.2. The van der Waals surface area contributed by atoms with Crippen LogP contribution in [-0.2, 0) is 4.79 Å². The predicted molar refractivity (Wildman–Crippen MR) is 77.6 cm³/mol. The van der Waals surface area contributed by atoms with E-state index in [2.05, 4.69) is 19.1 Å². The summed E-state index contributed by atoms with van der Waals surface area (Å²) in [5, 5.41) is 0. The molecule has 1 amide bonds. The molecule has 1 unspecified atom stereocenters. The highest BCUT2D eigenvalue weighted by Gasteiger charge is 2.33. The molecule has 1 saturated carbocycles. The van der Waals surface area contributed by atoms with E-state index in [4.69, 9.17) is 5.73 Å². The first-order chi connectivity index (χ1) is 9.02. The Morgan fingerprint density at radius 1 is 1.32 bits per heavy atom. The average Bonchev–Trinajstić information content (AvgIpc) is 2.84. The summed E-state index contributed by atoms with van der Waals surface area (Å²) in [5.41, 5.74) is 7.19. The summed E-state index contributed by atoms with van der Waals surface area (Å²) in [7, 11) is 1.87. The van der Waals surface area contributed by atoms with Gasteiger partial charge >= 0.3 is 0 Å². The van der Waals surface area contributed by atoms with Crippen molar-refractivity contribution >= 4 is 5.91 Å². The van der Waals surface area contributed by atoms with Gasteiger partial charge in [0.05, 0.1) is 6.04 Å². The lowest BCUT2D eigenvalue weighted by Gasteiger charge is -2.30. The SMILES string of the molecule is CC(c1ccccc1)N(C)C(=O)CC1(N)CCCC1. The van der Waals surface area contributed by atoms with Crippen molar-refractivity contribution in [1.29, 1.82) is 0 Å². The smallest absolute Gasteiger partial charge is 0.224 e. The van der Waals surface area contributed by atoms with Gasteiger partial charge in [-0.2, -0.15) is 0 Å². The first-order valence-corrected chi connectivity index (χ1v) is 7.11. The van der Waals surface area contributed by atoms with Gasteiger partial charge in [-0.05, 0) is 25.3 Å². The minimum atomic E-state index is -0.262. The molecule has 0 radical (unpaired) electrons. The summed E-state index contributed by atoms with van der Waals surface area (Å²) < 4.78 is 0. The second-order valence-electron chi connectivity index (χ2n) is 5.84. The third-order valence-corrected chi connectivity index (χ3v) is 4.36. The van der Waals surface area contributed by atoms with Crippen molar-refractivity contribution in [2.24, 2.45) is 5.73 Å². The molecule has 1 aliphatic carbocycles. The molecule has 0 aliphatic heterocycles. The van der Waals surface area contributed by atoms with E-state index in [9.17, 15) is 4.79 Å². The Balaban J connectivity index is 1.99. The quantitative estimate of drug-likeness (QED) is 0.904. The molecule has 2 rings (SSSR count). The predicted octanol–water partition coefficient (Wildman–Crippen LogP) is 2.87. The molecule has 3 heteroatoms. The number of rotatable bonds is 4. The third-order valence-electron chi connectivity index (χ3n) is 4.36. The van der Waals surface area contributed by atoms with Crippen LogP contribution in [-0.4, -0.2) is 23.4 Å². The number of hydrogen-bond donors (Lipinski definition) is 1. The first-order valence-electron chi connectivity index (χ1n) is 7.11. The molecule has 0 saturated heterocycles. The molecule has 104 valence electrons. The van der Waals surface area contributed by atoms with Crippen molar-refractivity contribution in [2.75, 3.05) is 7.05 Å². The number of benzene rings is 1. The monoisotopic (exact) mass is 260 g/mol. The van der Waals surface area contributed by atoms with Gasteiger partial charge in [0.25, 0.3) is 0 Å². The molecule has 19 heavy (non-hydrogen) atoms. The molecule has 1 aromatic rings. The van der Waals surface area contributed by atoms with E-state index in [-0.39, 0.29) is 17.5 Å². The Hall–Kier alpha value is -1.35. The summed E-state index contributed by atoms with van der Waals surface area (Å²) in [6.07, 6.45) is 4.74. The van der Waals surface area contributed by atoms with Gasteiger partial charge in [0.1, 0.15) is 0 Å². The molecule has 1 fully saturated rings. The highest BCUT2D eigenvalue weighted by molar-refractivity contribution is 5.77. The van der Waals surface area contributed by atoms with E-state index in [0.717, 1.165) is 31.2 Å². The van der Waals surface area contributed by atoms with Crippen LogP contribution >= 0.6 is 0 Å². The lowest BCUT2D eigenvalue weighted by atomic mass is 9.93. The van der Waals surface area contributed by atoms with Gasteiger partial charge in [-0.25, -0.2) is 0 Å². The number of amides is 1. The van der Waals surface area contributed by atoms with Crippen molar-refractivity contribution in [3.05, 3.63) is 35.9 Å². The molecular weight excluding hydrogens is 236 g/mol. The number of nitrogens with zero attached hydrogens (tertiary/aromatic N) is 1. The van der Waals surface area contributed by atoms with Crippen molar-refractivity contribution in [3.63, 3.8) is 0 Å². The fourth-order valence-corrected chi connectivity index (χ4v) is 2.85. The number of hydrogen-bond acceptors (Lipinski definition) is 2. The molecule has 1 aromatic carbocycles. The van der Waals surface area contributed by atoms with Crippen LogP contribution in [0.4, 0.5) is 0 Å². The lowest BCUT2D eigenvalue weighted by Crippen LogP contribution is -2.43. The third kappa shape index (κ3) is 3.35. The van der Waals surface area contributed by atoms with Crippen molar-refractivity contribution in [2.45, 2.75) is 50.6 Å². The van der Waals surface area contributed by atoms with Crippen LogP contribution < -0.4 is 5.73 Å². The van der Waals surface area contributed by atoms with E-state index in [0.29, 0.717) is 6.42 Å². The maximum absolute atomic E-state index is 12.4. The first kappa shape index (κ1) is 14.1. The standard InChI is InChI=1S/C16H24N2O/c1-13(14-8-4-3-5-9-14)18(2)15(19)12-16(17)10-6-7-11-16/h3-5,8-9,13H,6-7,10-12,17H2,1-2H3. The molecule has 0 spiro atoms. The molecule has 3 nitrogen and oxygen atoms in total. The topological polar surface area (TPSA) is 46.3 Å². The minimum Gasteiger partial charge on any atom is -0.339 e. The fourth-order valence-electron chi connectivity index (χ4n) is 2.85.